The Hall–Kier alpha value is -1.66. The lowest BCUT2D eigenvalue weighted by molar-refractivity contribution is -0.384. The summed E-state index contributed by atoms with van der Waals surface area (Å²) in [6.07, 6.45) is 1.04. The molecule has 1 aliphatic heterocycles. The third-order valence-electron chi connectivity index (χ3n) is 3.74. The van der Waals surface area contributed by atoms with Crippen LogP contribution >= 0.6 is 0 Å². The molecule has 1 aromatic rings. The number of nitrogens with zero attached hydrogens (tertiary/aromatic N) is 3. The van der Waals surface area contributed by atoms with E-state index < -0.39 is 0 Å². The molecule has 0 aromatic heterocycles. The normalized spacial score (nSPS) is 17.0. The highest BCUT2D eigenvalue weighted by Gasteiger charge is 2.17. The molecule has 0 aliphatic carbocycles. The highest BCUT2D eigenvalue weighted by molar-refractivity contribution is 5.57. The molecule has 110 valence electrons. The van der Waals surface area contributed by atoms with E-state index in [1.54, 1.807) is 12.1 Å². The second kappa shape index (κ2) is 6.67. The third kappa shape index (κ3) is 3.46. The predicted molar refractivity (Wildman–Crippen MR) is 78.2 cm³/mol. The number of benzene rings is 1. The number of hydrogen-bond acceptors (Lipinski definition) is 5. The van der Waals surface area contributed by atoms with Crippen LogP contribution in [0.1, 0.15) is 12.0 Å². The number of nitro benzene ring substituents is 1. The maximum absolute atomic E-state index is 10.8. The van der Waals surface area contributed by atoms with Crippen LogP contribution in [0.5, 0.6) is 0 Å². The van der Waals surface area contributed by atoms with Crippen LogP contribution in [0.4, 0.5) is 11.4 Å². The van der Waals surface area contributed by atoms with Crippen LogP contribution in [0.15, 0.2) is 18.2 Å². The predicted octanol–water partition coefficient (Wildman–Crippen LogP) is 1.41. The molecule has 1 heterocycles. The maximum Gasteiger partial charge on any atom is 0.269 e. The van der Waals surface area contributed by atoms with Crippen molar-refractivity contribution in [3.63, 3.8) is 0 Å². The van der Waals surface area contributed by atoms with Crippen LogP contribution in [-0.4, -0.2) is 54.3 Å². The van der Waals surface area contributed by atoms with Gasteiger partial charge in [0.25, 0.3) is 5.69 Å². The lowest BCUT2D eigenvalue weighted by atomic mass is 10.1. The number of rotatable bonds is 4. The Bertz CT molecular complexity index is 479. The van der Waals surface area contributed by atoms with Gasteiger partial charge in [-0.3, -0.25) is 15.0 Å². The Balaban J connectivity index is 2.09. The molecule has 0 unspecified atom stereocenters. The summed E-state index contributed by atoms with van der Waals surface area (Å²) in [5.74, 6) is 0. The molecule has 0 radical (unpaired) electrons. The van der Waals surface area contributed by atoms with Gasteiger partial charge in [-0.1, -0.05) is 0 Å². The van der Waals surface area contributed by atoms with Gasteiger partial charge in [0, 0.05) is 44.0 Å². The summed E-state index contributed by atoms with van der Waals surface area (Å²) in [5, 5.41) is 19.8. The van der Waals surface area contributed by atoms with Crippen LogP contribution in [0.2, 0.25) is 0 Å². The molecule has 0 amide bonds. The second-order valence-electron chi connectivity index (χ2n) is 5.13. The van der Waals surface area contributed by atoms with Gasteiger partial charge in [-0.15, -0.1) is 0 Å². The smallest absolute Gasteiger partial charge is 0.269 e. The number of aryl methyl sites for hydroxylation is 1. The average molecular weight is 279 g/mol. The van der Waals surface area contributed by atoms with Crippen molar-refractivity contribution in [1.82, 2.24) is 4.90 Å². The van der Waals surface area contributed by atoms with E-state index in [4.69, 9.17) is 5.11 Å². The van der Waals surface area contributed by atoms with Gasteiger partial charge in [0.2, 0.25) is 0 Å². The first-order valence-corrected chi connectivity index (χ1v) is 6.95. The van der Waals surface area contributed by atoms with E-state index in [9.17, 15) is 10.1 Å². The average Bonchev–Trinajstić information content (AvgIpc) is 2.65. The quantitative estimate of drug-likeness (QED) is 0.666. The van der Waals surface area contributed by atoms with Gasteiger partial charge in [0.15, 0.2) is 0 Å². The summed E-state index contributed by atoms with van der Waals surface area (Å²) in [7, 11) is 0. The summed E-state index contributed by atoms with van der Waals surface area (Å²) in [5.41, 5.74) is 2.15. The lowest BCUT2D eigenvalue weighted by Crippen LogP contribution is -2.32. The van der Waals surface area contributed by atoms with Crippen LogP contribution in [0.3, 0.4) is 0 Å². The first-order valence-electron chi connectivity index (χ1n) is 6.95. The summed E-state index contributed by atoms with van der Waals surface area (Å²) in [6.45, 7) is 6.56. The van der Waals surface area contributed by atoms with Crippen LogP contribution in [0.25, 0.3) is 0 Å². The molecule has 0 atom stereocenters. The molecule has 6 nitrogen and oxygen atoms in total. The Labute approximate surface area is 118 Å². The second-order valence-corrected chi connectivity index (χ2v) is 5.13. The van der Waals surface area contributed by atoms with Gasteiger partial charge in [-0.2, -0.15) is 0 Å². The molecular weight excluding hydrogens is 258 g/mol. The van der Waals surface area contributed by atoms with E-state index in [1.165, 1.54) is 0 Å². The molecule has 20 heavy (non-hydrogen) atoms. The Morgan fingerprint density at radius 3 is 2.75 bits per heavy atom. The standard InChI is InChI=1S/C14H21N3O3/c1-12-11-13(17(19)20)3-4-14(12)16-6-2-5-15(7-8-16)9-10-18/h3-4,11,18H,2,5-10H2,1H3. The van der Waals surface area contributed by atoms with Crippen molar-refractivity contribution in [2.24, 2.45) is 0 Å². The van der Waals surface area contributed by atoms with Crippen molar-refractivity contribution in [2.75, 3.05) is 44.2 Å². The number of anilines is 1. The van der Waals surface area contributed by atoms with Crippen molar-refractivity contribution in [2.45, 2.75) is 13.3 Å². The zero-order valence-electron chi connectivity index (χ0n) is 11.8. The molecule has 1 aromatic carbocycles. The molecule has 0 bridgehead atoms. The van der Waals surface area contributed by atoms with Crippen molar-refractivity contribution in [3.8, 4) is 0 Å². The van der Waals surface area contributed by atoms with Gasteiger partial charge < -0.3 is 10.0 Å². The van der Waals surface area contributed by atoms with Crippen LogP contribution in [-0.2, 0) is 0 Å². The summed E-state index contributed by atoms with van der Waals surface area (Å²) < 4.78 is 0. The molecule has 6 heteroatoms. The molecule has 0 spiro atoms. The molecule has 1 aliphatic rings. The number of hydrogen-bond donors (Lipinski definition) is 1. The van der Waals surface area contributed by atoms with Crippen LogP contribution < -0.4 is 4.90 Å². The Kier molecular flexibility index (Phi) is 4.92. The summed E-state index contributed by atoms with van der Waals surface area (Å²) in [4.78, 5) is 14.9. The van der Waals surface area contributed by atoms with Gasteiger partial charge in [0.1, 0.15) is 0 Å². The molecule has 0 saturated carbocycles. The highest BCUT2D eigenvalue weighted by Crippen LogP contribution is 2.25. The number of aliphatic hydroxyl groups excluding tert-OH is 1. The van der Waals surface area contributed by atoms with E-state index in [2.05, 4.69) is 9.80 Å². The van der Waals surface area contributed by atoms with Gasteiger partial charge in [-0.25, -0.2) is 0 Å². The van der Waals surface area contributed by atoms with Crippen molar-refractivity contribution in [3.05, 3.63) is 33.9 Å². The zero-order valence-corrected chi connectivity index (χ0v) is 11.8. The van der Waals surface area contributed by atoms with Crippen molar-refractivity contribution < 1.29 is 10.0 Å². The highest BCUT2D eigenvalue weighted by atomic mass is 16.6. The topological polar surface area (TPSA) is 69.9 Å². The van der Waals surface area contributed by atoms with Gasteiger partial charge in [-0.05, 0) is 31.5 Å². The van der Waals surface area contributed by atoms with Gasteiger partial charge in [0.05, 0.1) is 11.5 Å². The van der Waals surface area contributed by atoms with E-state index in [-0.39, 0.29) is 17.2 Å². The minimum absolute atomic E-state index is 0.142. The molecule has 1 saturated heterocycles. The number of β-amino-alcohol motifs (C(OH)–C–C–N with tert-alkyl or cyclic N) is 1. The van der Waals surface area contributed by atoms with Crippen molar-refractivity contribution >= 4 is 11.4 Å². The van der Waals surface area contributed by atoms with E-state index >= 15 is 0 Å². The molecule has 2 rings (SSSR count). The summed E-state index contributed by atoms with van der Waals surface area (Å²) in [6, 6.07) is 5.04. The summed E-state index contributed by atoms with van der Waals surface area (Å²) >= 11 is 0. The molecule has 1 fully saturated rings. The largest absolute Gasteiger partial charge is 0.395 e. The van der Waals surface area contributed by atoms with Crippen molar-refractivity contribution in [1.29, 1.82) is 0 Å². The fraction of sp³-hybridized carbons (Fsp3) is 0.571. The van der Waals surface area contributed by atoms with Gasteiger partial charge >= 0.3 is 0 Å². The van der Waals surface area contributed by atoms with E-state index in [1.807, 2.05) is 13.0 Å². The Morgan fingerprint density at radius 1 is 1.30 bits per heavy atom. The number of nitro groups is 1. The SMILES string of the molecule is Cc1cc([N+](=O)[O-])ccc1N1CCCN(CCO)CC1. The van der Waals surface area contributed by atoms with Crippen LogP contribution in [0, 0.1) is 17.0 Å². The Morgan fingerprint density at radius 2 is 2.10 bits per heavy atom. The number of non-ortho nitro benzene ring substituents is 1. The molecule has 1 N–H and O–H groups in total. The fourth-order valence-electron chi connectivity index (χ4n) is 2.68. The number of aliphatic hydroxyl groups is 1. The third-order valence-corrected chi connectivity index (χ3v) is 3.74. The lowest BCUT2D eigenvalue weighted by Gasteiger charge is -2.25. The first kappa shape index (κ1) is 14.7. The maximum atomic E-state index is 10.8. The monoisotopic (exact) mass is 279 g/mol. The minimum atomic E-state index is -0.359. The molecular formula is C14H21N3O3. The fourth-order valence-corrected chi connectivity index (χ4v) is 2.68. The van der Waals surface area contributed by atoms with E-state index in [0.29, 0.717) is 6.54 Å². The zero-order chi connectivity index (χ0) is 14.5. The first-order chi connectivity index (χ1) is 9.61. The minimum Gasteiger partial charge on any atom is -0.395 e. The van der Waals surface area contributed by atoms with E-state index in [0.717, 1.165) is 43.9 Å².